The van der Waals surface area contributed by atoms with Crippen LogP contribution in [-0.4, -0.2) is 37.4 Å². The largest absolute Gasteiger partial charge is 0.505 e. The molecule has 1 aromatic carbocycles. The van der Waals surface area contributed by atoms with E-state index in [4.69, 9.17) is 0 Å². The maximum Gasteiger partial charge on any atom is 0.345 e. The first-order valence-electron chi connectivity index (χ1n) is 8.88. The van der Waals surface area contributed by atoms with Crippen LogP contribution >= 0.6 is 0 Å². The molecule has 0 unspecified atom stereocenters. The Morgan fingerprint density at radius 2 is 1.96 bits per heavy atom. The van der Waals surface area contributed by atoms with Crippen molar-refractivity contribution in [3.05, 3.63) is 45.9 Å². The molecule has 0 atom stereocenters. The van der Waals surface area contributed by atoms with Crippen LogP contribution in [-0.2, 0) is 13.6 Å². The molecule has 2 aromatic rings. The molecule has 6 nitrogen and oxygen atoms in total. The summed E-state index contributed by atoms with van der Waals surface area (Å²) in [4.78, 5) is 14.6. The predicted octanol–water partition coefficient (Wildman–Crippen LogP) is 2.14. The molecule has 1 N–H and O–H groups in total. The lowest BCUT2D eigenvalue weighted by Crippen LogP contribution is -2.37. The van der Waals surface area contributed by atoms with Gasteiger partial charge < -0.3 is 5.11 Å². The minimum absolute atomic E-state index is 0.0249. The minimum Gasteiger partial charge on any atom is -0.505 e. The summed E-state index contributed by atoms with van der Waals surface area (Å²) in [6.07, 6.45) is 3.96. The van der Waals surface area contributed by atoms with Gasteiger partial charge in [-0.25, -0.2) is 13.9 Å². The van der Waals surface area contributed by atoms with Crippen molar-refractivity contribution in [2.45, 2.75) is 44.2 Å². The summed E-state index contributed by atoms with van der Waals surface area (Å²) in [6.45, 7) is 2.14. The first kappa shape index (κ1) is 16.3. The molecule has 0 spiro atoms. The second-order valence-corrected chi connectivity index (χ2v) is 7.16. The van der Waals surface area contributed by atoms with Gasteiger partial charge in [0.1, 0.15) is 5.82 Å². The van der Waals surface area contributed by atoms with E-state index in [0.717, 1.165) is 44.6 Å². The normalized spacial score (nSPS) is 19.4. The Hall–Kier alpha value is -2.15. The van der Waals surface area contributed by atoms with Crippen LogP contribution in [0.3, 0.4) is 0 Å². The van der Waals surface area contributed by atoms with E-state index in [-0.39, 0.29) is 17.5 Å². The second kappa shape index (κ2) is 6.29. The van der Waals surface area contributed by atoms with Gasteiger partial charge in [-0.3, -0.25) is 9.47 Å². The van der Waals surface area contributed by atoms with Gasteiger partial charge in [-0.05, 0) is 31.7 Å². The van der Waals surface area contributed by atoms with Crippen LogP contribution in [0.4, 0.5) is 4.39 Å². The third-order valence-electron chi connectivity index (χ3n) is 5.31. The molecular formula is C18H23FN4O2. The van der Waals surface area contributed by atoms with E-state index in [1.807, 2.05) is 4.57 Å². The fraction of sp³-hybridized carbons (Fsp3) is 0.556. The molecule has 2 aliphatic rings. The number of hydrogen-bond acceptors (Lipinski definition) is 4. The summed E-state index contributed by atoms with van der Waals surface area (Å²) in [6, 6.07) is 4.81. The number of phenols is 1. The molecule has 1 saturated carbocycles. The number of piperidine rings is 1. The highest BCUT2D eigenvalue weighted by Crippen LogP contribution is 2.40. The molecule has 1 saturated heterocycles. The van der Waals surface area contributed by atoms with Gasteiger partial charge in [0.05, 0.1) is 0 Å². The highest BCUT2D eigenvalue weighted by atomic mass is 19.1. The van der Waals surface area contributed by atoms with E-state index in [0.29, 0.717) is 18.0 Å². The fourth-order valence-electron chi connectivity index (χ4n) is 3.73. The number of para-hydroxylation sites is 1. The number of likely N-dealkylation sites (tertiary alicyclic amines) is 1. The number of phenolic OH excluding ortho intramolecular Hbond substituents is 1. The summed E-state index contributed by atoms with van der Waals surface area (Å²) in [7, 11) is 1.71. The Balaban J connectivity index is 1.45. The highest BCUT2D eigenvalue weighted by Gasteiger charge is 2.34. The van der Waals surface area contributed by atoms with E-state index in [1.165, 1.54) is 10.7 Å². The number of aromatic hydroxyl groups is 1. The van der Waals surface area contributed by atoms with Gasteiger partial charge >= 0.3 is 5.69 Å². The van der Waals surface area contributed by atoms with Crippen LogP contribution in [0, 0.1) is 5.82 Å². The average Bonchev–Trinajstić information content (AvgIpc) is 3.40. The lowest BCUT2D eigenvalue weighted by atomic mass is 10.0. The number of aryl methyl sites for hydroxylation is 1. The van der Waals surface area contributed by atoms with Crippen molar-refractivity contribution in [1.82, 2.24) is 19.2 Å². The summed E-state index contributed by atoms with van der Waals surface area (Å²) in [5.74, 6) is 0.539. The molecule has 0 radical (unpaired) electrons. The quantitative estimate of drug-likeness (QED) is 0.921. The smallest absolute Gasteiger partial charge is 0.345 e. The maximum absolute atomic E-state index is 13.5. The van der Waals surface area contributed by atoms with Gasteiger partial charge in [0.25, 0.3) is 0 Å². The van der Waals surface area contributed by atoms with Gasteiger partial charge in [-0.1, -0.05) is 12.1 Å². The van der Waals surface area contributed by atoms with Crippen molar-refractivity contribution < 1.29 is 9.50 Å². The molecule has 1 aliphatic carbocycles. The maximum atomic E-state index is 13.5. The molecule has 7 heteroatoms. The number of benzene rings is 1. The molecule has 1 aromatic heterocycles. The molecule has 134 valence electrons. The lowest BCUT2D eigenvalue weighted by molar-refractivity contribution is 0.174. The fourth-order valence-corrected chi connectivity index (χ4v) is 3.73. The van der Waals surface area contributed by atoms with Crippen LogP contribution in [0.25, 0.3) is 0 Å². The van der Waals surface area contributed by atoms with Gasteiger partial charge in [0.15, 0.2) is 11.6 Å². The highest BCUT2D eigenvalue weighted by molar-refractivity contribution is 5.33. The Morgan fingerprint density at radius 1 is 1.24 bits per heavy atom. The number of nitrogens with zero attached hydrogens (tertiary/aromatic N) is 4. The molecule has 0 bridgehead atoms. The zero-order valence-electron chi connectivity index (χ0n) is 14.4. The van der Waals surface area contributed by atoms with E-state index in [1.54, 1.807) is 19.2 Å². The van der Waals surface area contributed by atoms with E-state index < -0.39 is 5.82 Å². The van der Waals surface area contributed by atoms with Gasteiger partial charge in [-0.15, -0.1) is 0 Å². The van der Waals surface area contributed by atoms with Crippen molar-refractivity contribution in [2.75, 3.05) is 13.1 Å². The Labute approximate surface area is 145 Å². The van der Waals surface area contributed by atoms with Gasteiger partial charge in [-0.2, -0.15) is 5.10 Å². The Bertz CT molecular complexity index is 832. The first-order chi connectivity index (χ1) is 12.0. The first-order valence-corrected chi connectivity index (χ1v) is 8.88. The Kier molecular flexibility index (Phi) is 4.11. The number of aromatic nitrogens is 3. The van der Waals surface area contributed by atoms with Crippen molar-refractivity contribution in [3.63, 3.8) is 0 Å². The van der Waals surface area contributed by atoms with Gasteiger partial charge in [0, 0.05) is 44.2 Å². The molecule has 2 fully saturated rings. The third kappa shape index (κ3) is 3.08. The van der Waals surface area contributed by atoms with E-state index >= 15 is 0 Å². The molecule has 4 rings (SSSR count). The van der Waals surface area contributed by atoms with Gasteiger partial charge in [0.2, 0.25) is 0 Å². The van der Waals surface area contributed by atoms with Crippen molar-refractivity contribution in [3.8, 4) is 5.75 Å². The number of hydrogen-bond donors (Lipinski definition) is 1. The number of halogens is 1. The van der Waals surface area contributed by atoms with Crippen LogP contribution in [0.5, 0.6) is 5.75 Å². The molecular weight excluding hydrogens is 323 g/mol. The minimum atomic E-state index is -0.580. The SMILES string of the molecule is Cn1nc(C2CC2)n(C2CCN(Cc3cccc(F)c3O)CC2)c1=O. The monoisotopic (exact) mass is 346 g/mol. The third-order valence-corrected chi connectivity index (χ3v) is 5.31. The summed E-state index contributed by atoms with van der Waals surface area (Å²) in [5, 5.41) is 14.3. The molecule has 2 heterocycles. The second-order valence-electron chi connectivity index (χ2n) is 7.16. The zero-order chi connectivity index (χ0) is 17.6. The van der Waals surface area contributed by atoms with Crippen LogP contribution < -0.4 is 5.69 Å². The van der Waals surface area contributed by atoms with Crippen molar-refractivity contribution >= 4 is 0 Å². The van der Waals surface area contributed by atoms with Crippen LogP contribution in [0.1, 0.15) is 49.0 Å². The summed E-state index contributed by atoms with van der Waals surface area (Å²) in [5.41, 5.74) is 0.582. The Morgan fingerprint density at radius 3 is 2.64 bits per heavy atom. The molecule has 0 amide bonds. The molecule has 1 aliphatic heterocycles. The topological polar surface area (TPSA) is 63.3 Å². The average molecular weight is 346 g/mol. The molecule has 25 heavy (non-hydrogen) atoms. The summed E-state index contributed by atoms with van der Waals surface area (Å²) < 4.78 is 16.8. The number of rotatable bonds is 4. The van der Waals surface area contributed by atoms with Crippen molar-refractivity contribution in [1.29, 1.82) is 0 Å². The zero-order valence-corrected chi connectivity index (χ0v) is 14.4. The van der Waals surface area contributed by atoms with E-state index in [9.17, 15) is 14.3 Å². The van der Waals surface area contributed by atoms with Crippen LogP contribution in [0.15, 0.2) is 23.0 Å². The predicted molar refractivity (Wildman–Crippen MR) is 91.1 cm³/mol. The standard InChI is InChI=1S/C18H23FN4O2/c1-21-18(25)23(17(20-21)12-5-6-12)14-7-9-22(10-8-14)11-13-3-2-4-15(19)16(13)24/h2-4,12,14,24H,5-11H2,1H3. The van der Waals surface area contributed by atoms with E-state index in [2.05, 4.69) is 10.00 Å². The lowest BCUT2D eigenvalue weighted by Gasteiger charge is -2.32. The summed E-state index contributed by atoms with van der Waals surface area (Å²) >= 11 is 0. The van der Waals surface area contributed by atoms with Crippen molar-refractivity contribution in [2.24, 2.45) is 7.05 Å². The van der Waals surface area contributed by atoms with Crippen LogP contribution in [0.2, 0.25) is 0 Å².